The van der Waals surface area contributed by atoms with Crippen LogP contribution in [-0.2, 0) is 21.2 Å². The quantitative estimate of drug-likeness (QED) is 0.911. The molecule has 132 valence electrons. The lowest BCUT2D eigenvalue weighted by Crippen LogP contribution is -2.33. The van der Waals surface area contributed by atoms with Gasteiger partial charge in [-0.1, -0.05) is 24.3 Å². The largest absolute Gasteiger partial charge is 0.326 e. The Morgan fingerprint density at radius 1 is 1.12 bits per heavy atom. The normalized spacial score (nSPS) is 17.2. The first-order valence-electron chi connectivity index (χ1n) is 8.33. The van der Waals surface area contributed by atoms with E-state index in [4.69, 9.17) is 0 Å². The zero-order valence-corrected chi connectivity index (χ0v) is 15.2. The highest BCUT2D eigenvalue weighted by Crippen LogP contribution is 2.36. The fourth-order valence-electron chi connectivity index (χ4n) is 3.35. The molecule has 0 aromatic heterocycles. The number of sulfonamides is 1. The van der Waals surface area contributed by atoms with Crippen LogP contribution in [0, 0.1) is 0 Å². The number of benzene rings is 2. The summed E-state index contributed by atoms with van der Waals surface area (Å²) < 4.78 is 27.5. The second-order valence-electron chi connectivity index (χ2n) is 6.33. The summed E-state index contributed by atoms with van der Waals surface area (Å²) in [6.45, 7) is 1.42. The van der Waals surface area contributed by atoms with Crippen LogP contribution in [0.25, 0.3) is 0 Å². The van der Waals surface area contributed by atoms with E-state index in [-0.39, 0.29) is 16.8 Å². The molecule has 0 radical (unpaired) electrons. The third-order valence-corrected chi connectivity index (χ3v) is 6.51. The smallest absolute Gasteiger partial charge is 0.243 e. The number of amides is 1. The van der Waals surface area contributed by atoms with Crippen LogP contribution in [0.2, 0.25) is 0 Å². The summed E-state index contributed by atoms with van der Waals surface area (Å²) in [7, 11) is -1.96. The number of carbonyl (C=O) groups is 1. The van der Waals surface area contributed by atoms with Gasteiger partial charge in [-0.2, -0.15) is 4.31 Å². The van der Waals surface area contributed by atoms with E-state index in [1.165, 1.54) is 28.9 Å². The van der Waals surface area contributed by atoms with Crippen molar-refractivity contribution < 1.29 is 13.2 Å². The molecule has 1 unspecified atom stereocenters. The molecule has 0 bridgehead atoms. The number of fused-ring (bicyclic) bond motifs is 1. The molecule has 0 saturated carbocycles. The van der Waals surface area contributed by atoms with Crippen molar-refractivity contribution in [3.63, 3.8) is 0 Å². The van der Waals surface area contributed by atoms with Gasteiger partial charge in [0.1, 0.15) is 0 Å². The van der Waals surface area contributed by atoms with Crippen LogP contribution in [0.1, 0.15) is 36.9 Å². The Morgan fingerprint density at radius 3 is 2.48 bits per heavy atom. The number of nitrogens with one attached hydrogen (secondary N) is 1. The molecule has 3 rings (SSSR count). The summed E-state index contributed by atoms with van der Waals surface area (Å²) in [5.41, 5.74) is 2.90. The van der Waals surface area contributed by atoms with Gasteiger partial charge in [-0.15, -0.1) is 0 Å². The number of rotatable bonds is 4. The summed E-state index contributed by atoms with van der Waals surface area (Å²) in [5, 5.41) is 2.64. The van der Waals surface area contributed by atoms with Crippen molar-refractivity contribution in [1.29, 1.82) is 0 Å². The maximum absolute atomic E-state index is 13.0. The molecule has 6 heteroatoms. The minimum Gasteiger partial charge on any atom is -0.326 e. The Labute approximate surface area is 148 Å². The van der Waals surface area contributed by atoms with E-state index >= 15 is 0 Å². The Bertz CT molecular complexity index is 876. The maximum atomic E-state index is 13.0. The fourth-order valence-corrected chi connectivity index (χ4v) is 4.72. The predicted octanol–water partition coefficient (Wildman–Crippen LogP) is 3.34. The van der Waals surface area contributed by atoms with Gasteiger partial charge in [-0.05, 0) is 54.7 Å². The van der Waals surface area contributed by atoms with E-state index in [9.17, 15) is 13.2 Å². The van der Waals surface area contributed by atoms with E-state index in [1.54, 1.807) is 19.2 Å². The van der Waals surface area contributed by atoms with Gasteiger partial charge in [0.05, 0.1) is 4.90 Å². The first-order valence-corrected chi connectivity index (χ1v) is 9.77. The molecule has 5 nitrogen and oxygen atoms in total. The van der Waals surface area contributed by atoms with Crippen LogP contribution in [0.3, 0.4) is 0 Å². The molecule has 1 amide bonds. The molecular weight excluding hydrogens is 336 g/mol. The van der Waals surface area contributed by atoms with E-state index in [0.29, 0.717) is 5.69 Å². The maximum Gasteiger partial charge on any atom is 0.243 e. The van der Waals surface area contributed by atoms with Gasteiger partial charge in [-0.25, -0.2) is 8.42 Å². The Morgan fingerprint density at radius 2 is 1.80 bits per heavy atom. The third kappa shape index (κ3) is 3.60. The second-order valence-corrected chi connectivity index (χ2v) is 8.33. The zero-order chi connectivity index (χ0) is 18.0. The monoisotopic (exact) mass is 358 g/mol. The Balaban J connectivity index is 1.89. The van der Waals surface area contributed by atoms with Crippen LogP contribution in [0.4, 0.5) is 5.69 Å². The molecule has 0 spiro atoms. The number of hydrogen-bond acceptors (Lipinski definition) is 3. The molecule has 1 N–H and O–H groups in total. The molecule has 1 aliphatic carbocycles. The molecule has 2 aromatic carbocycles. The fraction of sp³-hybridized carbons (Fsp3) is 0.316. The summed E-state index contributed by atoms with van der Waals surface area (Å²) >= 11 is 0. The number of hydrogen-bond donors (Lipinski definition) is 1. The SMILES string of the molecule is CC(=O)Nc1ccc(S(=O)(=O)N(C)C2CCCc3ccccc32)cc1. The van der Waals surface area contributed by atoms with Crippen molar-refractivity contribution in [2.24, 2.45) is 0 Å². The molecular formula is C19H22N2O3S. The molecule has 1 aliphatic rings. The lowest BCUT2D eigenvalue weighted by atomic mass is 9.88. The van der Waals surface area contributed by atoms with Crippen LogP contribution in [0.15, 0.2) is 53.4 Å². The van der Waals surface area contributed by atoms with Gasteiger partial charge >= 0.3 is 0 Å². The van der Waals surface area contributed by atoms with Crippen molar-refractivity contribution in [2.45, 2.75) is 37.1 Å². The third-order valence-electron chi connectivity index (χ3n) is 4.63. The number of anilines is 1. The minimum atomic E-state index is -3.61. The van der Waals surface area contributed by atoms with E-state index < -0.39 is 10.0 Å². The lowest BCUT2D eigenvalue weighted by Gasteiger charge is -2.32. The van der Waals surface area contributed by atoms with Gasteiger partial charge in [0.25, 0.3) is 0 Å². The van der Waals surface area contributed by atoms with E-state index in [1.807, 2.05) is 18.2 Å². The number of nitrogens with zero attached hydrogens (tertiary/aromatic N) is 1. The van der Waals surface area contributed by atoms with E-state index in [2.05, 4.69) is 11.4 Å². The molecule has 0 fully saturated rings. The van der Waals surface area contributed by atoms with Crippen LogP contribution in [0.5, 0.6) is 0 Å². The Kier molecular flexibility index (Phi) is 4.92. The van der Waals surface area contributed by atoms with E-state index in [0.717, 1.165) is 24.8 Å². The minimum absolute atomic E-state index is 0.148. The van der Waals surface area contributed by atoms with Crippen molar-refractivity contribution in [1.82, 2.24) is 4.31 Å². The average Bonchev–Trinajstić information content (AvgIpc) is 2.60. The van der Waals surface area contributed by atoms with Crippen LogP contribution >= 0.6 is 0 Å². The Hall–Kier alpha value is -2.18. The second kappa shape index (κ2) is 6.98. The van der Waals surface area contributed by atoms with Crippen LogP contribution < -0.4 is 5.32 Å². The molecule has 2 aromatic rings. The number of carbonyl (C=O) groups excluding carboxylic acids is 1. The standard InChI is InChI=1S/C19H22N2O3S/c1-14(22)20-16-10-12-17(13-11-16)25(23,24)21(2)19-9-5-7-15-6-3-4-8-18(15)19/h3-4,6,8,10-13,19H,5,7,9H2,1-2H3,(H,20,22). The van der Waals surface area contributed by atoms with Gasteiger partial charge in [0.2, 0.25) is 15.9 Å². The molecule has 0 aliphatic heterocycles. The van der Waals surface area contributed by atoms with Crippen molar-refractivity contribution in [3.8, 4) is 0 Å². The van der Waals surface area contributed by atoms with Gasteiger partial charge < -0.3 is 5.32 Å². The molecule has 25 heavy (non-hydrogen) atoms. The molecule has 1 atom stereocenters. The van der Waals surface area contributed by atoms with Crippen molar-refractivity contribution in [3.05, 3.63) is 59.7 Å². The highest BCUT2D eigenvalue weighted by atomic mass is 32.2. The first kappa shape index (κ1) is 17.6. The number of aryl methyl sites for hydroxylation is 1. The predicted molar refractivity (Wildman–Crippen MR) is 97.8 cm³/mol. The first-order chi connectivity index (χ1) is 11.9. The highest BCUT2D eigenvalue weighted by molar-refractivity contribution is 7.89. The average molecular weight is 358 g/mol. The molecule has 0 saturated heterocycles. The van der Waals surface area contributed by atoms with Gasteiger partial charge in [0, 0.05) is 25.7 Å². The zero-order valence-electron chi connectivity index (χ0n) is 14.4. The summed E-state index contributed by atoms with van der Waals surface area (Å²) in [6, 6.07) is 14.2. The lowest BCUT2D eigenvalue weighted by molar-refractivity contribution is -0.114. The topological polar surface area (TPSA) is 66.5 Å². The summed E-state index contributed by atoms with van der Waals surface area (Å²) in [5.74, 6) is -0.188. The van der Waals surface area contributed by atoms with Gasteiger partial charge in [-0.3, -0.25) is 4.79 Å². The van der Waals surface area contributed by atoms with Crippen molar-refractivity contribution in [2.75, 3.05) is 12.4 Å². The summed E-state index contributed by atoms with van der Waals surface area (Å²) in [4.78, 5) is 11.3. The summed E-state index contributed by atoms with van der Waals surface area (Å²) in [6.07, 6.45) is 2.78. The van der Waals surface area contributed by atoms with Crippen molar-refractivity contribution >= 4 is 21.6 Å². The highest BCUT2D eigenvalue weighted by Gasteiger charge is 2.31. The van der Waals surface area contributed by atoms with Gasteiger partial charge in [0.15, 0.2) is 0 Å². The molecule has 0 heterocycles. The van der Waals surface area contributed by atoms with Crippen LogP contribution in [-0.4, -0.2) is 25.7 Å².